The molecular formula is C27H35ClN2O4. The third-order valence-electron chi connectivity index (χ3n) is 6.70. The van der Waals surface area contributed by atoms with E-state index in [0.717, 1.165) is 44.5 Å². The molecule has 34 heavy (non-hydrogen) atoms. The molecule has 0 unspecified atom stereocenters. The Labute approximate surface area is 208 Å². The van der Waals surface area contributed by atoms with Gasteiger partial charge in [0.05, 0.1) is 24.7 Å². The van der Waals surface area contributed by atoms with Crippen LogP contribution < -0.4 is 10.1 Å². The van der Waals surface area contributed by atoms with E-state index in [4.69, 9.17) is 4.74 Å². The predicted molar refractivity (Wildman–Crippen MR) is 135 cm³/mol. The average Bonchev–Trinajstić information content (AvgIpc) is 3.38. The number of ketones is 1. The first-order valence-corrected chi connectivity index (χ1v) is 12.1. The lowest BCUT2D eigenvalue weighted by Crippen LogP contribution is -2.44. The number of Topliss-reactive ketones (excluding diaryl/α,β-unsaturated/α-hetero) is 1. The number of fused-ring (bicyclic) bond motifs is 1. The lowest BCUT2D eigenvalue weighted by atomic mass is 9.90. The van der Waals surface area contributed by atoms with E-state index in [1.54, 1.807) is 6.07 Å². The minimum atomic E-state index is -0.602. The van der Waals surface area contributed by atoms with Crippen molar-refractivity contribution in [1.29, 1.82) is 0 Å². The first-order chi connectivity index (χ1) is 16.0. The van der Waals surface area contributed by atoms with Gasteiger partial charge in [0.2, 0.25) is 5.91 Å². The highest BCUT2D eigenvalue weighted by molar-refractivity contribution is 5.98. The van der Waals surface area contributed by atoms with Gasteiger partial charge in [0.25, 0.3) is 0 Å². The zero-order valence-electron chi connectivity index (χ0n) is 19.8. The van der Waals surface area contributed by atoms with Crippen molar-refractivity contribution in [3.8, 4) is 5.75 Å². The summed E-state index contributed by atoms with van der Waals surface area (Å²) in [6.07, 6.45) is 3.25. The van der Waals surface area contributed by atoms with Gasteiger partial charge in [-0.2, -0.15) is 0 Å². The lowest BCUT2D eigenvalue weighted by Gasteiger charge is -2.29. The highest BCUT2D eigenvalue weighted by atomic mass is 35.5. The van der Waals surface area contributed by atoms with Crippen LogP contribution in [0, 0.1) is 0 Å². The Balaban J connectivity index is 0.00000324. The summed E-state index contributed by atoms with van der Waals surface area (Å²) in [6, 6.07) is 13.6. The van der Waals surface area contributed by atoms with Crippen LogP contribution in [0.3, 0.4) is 0 Å². The number of rotatable bonds is 9. The molecule has 0 aromatic heterocycles. The normalized spacial score (nSPS) is 18.1. The topological polar surface area (TPSA) is 78.9 Å². The second-order valence-corrected chi connectivity index (χ2v) is 9.02. The number of benzene rings is 2. The van der Waals surface area contributed by atoms with E-state index in [-0.39, 0.29) is 36.6 Å². The van der Waals surface area contributed by atoms with Gasteiger partial charge in [-0.25, -0.2) is 0 Å². The first-order valence-electron chi connectivity index (χ1n) is 12.1. The molecule has 2 aromatic carbocycles. The highest BCUT2D eigenvalue weighted by Crippen LogP contribution is 2.25. The van der Waals surface area contributed by atoms with Gasteiger partial charge in [-0.15, -0.1) is 12.4 Å². The molecule has 7 heteroatoms. The molecule has 184 valence electrons. The Morgan fingerprint density at radius 2 is 1.88 bits per heavy atom. The van der Waals surface area contributed by atoms with E-state index < -0.39 is 6.10 Å². The number of hydrogen-bond donors (Lipinski definition) is 2. The van der Waals surface area contributed by atoms with Gasteiger partial charge in [0.15, 0.2) is 5.78 Å². The fourth-order valence-electron chi connectivity index (χ4n) is 4.80. The molecule has 0 aliphatic carbocycles. The summed E-state index contributed by atoms with van der Waals surface area (Å²) in [5.74, 6) is 0.596. The maximum absolute atomic E-state index is 13.0. The van der Waals surface area contributed by atoms with Crippen LogP contribution in [0.5, 0.6) is 5.75 Å². The number of aliphatic hydroxyl groups is 1. The molecule has 2 N–H and O–H groups in total. The summed E-state index contributed by atoms with van der Waals surface area (Å²) in [6.45, 7) is 4.72. The van der Waals surface area contributed by atoms with Crippen LogP contribution in [0.15, 0.2) is 42.5 Å². The van der Waals surface area contributed by atoms with Gasteiger partial charge < -0.3 is 20.1 Å². The number of aliphatic hydroxyl groups excluding tert-OH is 1. The minimum Gasteiger partial charge on any atom is -0.493 e. The van der Waals surface area contributed by atoms with Crippen molar-refractivity contribution < 1.29 is 19.4 Å². The average molecular weight is 487 g/mol. The molecule has 1 saturated heterocycles. The van der Waals surface area contributed by atoms with Gasteiger partial charge in [-0.3, -0.25) is 9.59 Å². The second kappa shape index (κ2) is 12.3. The summed E-state index contributed by atoms with van der Waals surface area (Å²) in [5.41, 5.74) is 3.89. The Morgan fingerprint density at radius 1 is 1.15 bits per heavy atom. The van der Waals surface area contributed by atoms with Crippen molar-refractivity contribution in [1.82, 2.24) is 10.2 Å². The Bertz CT molecular complexity index is 990. The van der Waals surface area contributed by atoms with Gasteiger partial charge in [0.1, 0.15) is 5.75 Å². The van der Waals surface area contributed by atoms with Crippen LogP contribution in [0.2, 0.25) is 0 Å². The molecule has 1 fully saturated rings. The van der Waals surface area contributed by atoms with Crippen LogP contribution >= 0.6 is 12.4 Å². The number of hydrogen-bond acceptors (Lipinski definition) is 5. The molecule has 2 atom stereocenters. The number of nitrogens with zero attached hydrogens (tertiary/aromatic N) is 1. The van der Waals surface area contributed by atoms with Crippen LogP contribution in [-0.2, 0) is 24.2 Å². The summed E-state index contributed by atoms with van der Waals surface area (Å²) < 4.78 is 5.75. The third-order valence-corrected chi connectivity index (χ3v) is 6.70. The monoisotopic (exact) mass is 486 g/mol. The maximum atomic E-state index is 13.0. The number of likely N-dealkylation sites (tertiary alicyclic amines) is 1. The molecule has 2 heterocycles. The molecule has 2 aliphatic heterocycles. The lowest BCUT2D eigenvalue weighted by molar-refractivity contribution is -0.129. The predicted octanol–water partition coefficient (Wildman–Crippen LogP) is 3.71. The van der Waals surface area contributed by atoms with Gasteiger partial charge >= 0.3 is 0 Å². The van der Waals surface area contributed by atoms with Crippen molar-refractivity contribution in [3.63, 3.8) is 0 Å². The molecule has 6 nitrogen and oxygen atoms in total. The molecule has 2 aliphatic rings. The summed E-state index contributed by atoms with van der Waals surface area (Å²) in [7, 11) is 0. The van der Waals surface area contributed by atoms with Crippen LogP contribution in [0.25, 0.3) is 0 Å². The number of amides is 1. The fraction of sp³-hybridized carbons (Fsp3) is 0.481. The second-order valence-electron chi connectivity index (χ2n) is 9.02. The number of carbonyl (C=O) groups is 2. The molecule has 0 spiro atoms. The molecular weight excluding hydrogens is 452 g/mol. The molecule has 0 radical (unpaired) electrons. The van der Waals surface area contributed by atoms with Crippen molar-refractivity contribution in [2.24, 2.45) is 0 Å². The third kappa shape index (κ3) is 6.38. The zero-order valence-corrected chi connectivity index (χ0v) is 20.6. The molecule has 4 rings (SSSR count). The van der Waals surface area contributed by atoms with E-state index in [1.165, 1.54) is 11.1 Å². The van der Waals surface area contributed by atoms with Crippen LogP contribution in [-0.4, -0.2) is 53.5 Å². The zero-order chi connectivity index (χ0) is 23.2. The maximum Gasteiger partial charge on any atom is 0.226 e. The minimum absolute atomic E-state index is 0. The van der Waals surface area contributed by atoms with E-state index in [1.807, 2.05) is 36.1 Å². The Morgan fingerprint density at radius 3 is 2.62 bits per heavy atom. The van der Waals surface area contributed by atoms with Crippen molar-refractivity contribution in [2.75, 3.05) is 19.7 Å². The van der Waals surface area contributed by atoms with E-state index in [9.17, 15) is 14.7 Å². The van der Waals surface area contributed by atoms with Crippen molar-refractivity contribution in [2.45, 2.75) is 64.1 Å². The number of halogens is 1. The van der Waals surface area contributed by atoms with Gasteiger partial charge in [-0.05, 0) is 61.4 Å². The standard InChI is InChI=1S/C27H34N2O4.ClH/c1-2-33-26-15-19(16-27(32)29-13-5-6-14-29)9-10-22(26)24(30)11-12-25(31)23-17-20-7-3-4-8-21(20)18-28-23;/h3-4,7-10,15,23,25,28,31H,2,5-6,11-14,16-18H2,1H3;1H/t23-,25+;/m0./s1. The van der Waals surface area contributed by atoms with E-state index >= 15 is 0 Å². The Hall–Kier alpha value is -2.41. The van der Waals surface area contributed by atoms with Gasteiger partial charge in [0, 0.05) is 32.1 Å². The summed E-state index contributed by atoms with van der Waals surface area (Å²) in [4.78, 5) is 27.4. The summed E-state index contributed by atoms with van der Waals surface area (Å²) >= 11 is 0. The van der Waals surface area contributed by atoms with Crippen LogP contribution in [0.1, 0.15) is 59.7 Å². The van der Waals surface area contributed by atoms with Crippen molar-refractivity contribution in [3.05, 3.63) is 64.7 Å². The quantitative estimate of drug-likeness (QED) is 0.528. The molecule has 0 bridgehead atoms. The molecule has 0 saturated carbocycles. The number of carbonyl (C=O) groups excluding carboxylic acids is 2. The number of nitrogens with one attached hydrogen (secondary N) is 1. The Kier molecular flexibility index (Phi) is 9.51. The molecule has 1 amide bonds. The van der Waals surface area contributed by atoms with E-state index in [2.05, 4.69) is 17.4 Å². The van der Waals surface area contributed by atoms with Crippen LogP contribution in [0.4, 0.5) is 0 Å². The van der Waals surface area contributed by atoms with Gasteiger partial charge in [-0.1, -0.05) is 30.3 Å². The number of ether oxygens (including phenoxy) is 1. The highest BCUT2D eigenvalue weighted by Gasteiger charge is 2.25. The SMILES string of the molecule is CCOc1cc(CC(=O)N2CCCC2)ccc1C(=O)CC[C@@H](O)[C@@H]1Cc2ccccc2CN1.Cl. The smallest absolute Gasteiger partial charge is 0.226 e. The molecule has 2 aromatic rings. The first kappa shape index (κ1) is 26.2. The van der Waals surface area contributed by atoms with Crippen molar-refractivity contribution >= 4 is 24.1 Å². The fourth-order valence-corrected chi connectivity index (χ4v) is 4.80. The largest absolute Gasteiger partial charge is 0.493 e. The van der Waals surface area contributed by atoms with E-state index in [0.29, 0.717) is 30.8 Å². The summed E-state index contributed by atoms with van der Waals surface area (Å²) in [5, 5.41) is 14.1.